The number of amides is 1. The van der Waals surface area contributed by atoms with E-state index in [1.807, 2.05) is 0 Å². The number of phenols is 1. The van der Waals surface area contributed by atoms with Crippen LogP contribution in [0.5, 0.6) is 17.2 Å². The van der Waals surface area contributed by atoms with Gasteiger partial charge in [-0.2, -0.15) is 0 Å². The van der Waals surface area contributed by atoms with E-state index < -0.39 is 11.7 Å². The molecule has 0 aromatic heterocycles. The molecule has 0 saturated carbocycles. The molecule has 2 N–H and O–H groups in total. The number of anilines is 1. The van der Waals surface area contributed by atoms with Gasteiger partial charge in [0, 0.05) is 12.1 Å². The lowest BCUT2D eigenvalue weighted by Crippen LogP contribution is -2.27. The molecule has 0 atom stereocenters. The second kappa shape index (κ2) is 5.69. The zero-order chi connectivity index (χ0) is 14.6. The zero-order valence-corrected chi connectivity index (χ0v) is 11.7. The van der Waals surface area contributed by atoms with Crippen molar-refractivity contribution in [2.45, 2.75) is 26.4 Å². The molecular formula is C13H19NO5. The number of nitrogens with one attached hydrogen (secondary N) is 1. The van der Waals surface area contributed by atoms with Crippen LogP contribution >= 0.6 is 0 Å². The topological polar surface area (TPSA) is 77.0 Å². The minimum Gasteiger partial charge on any atom is -0.508 e. The van der Waals surface area contributed by atoms with Crippen LogP contribution in [0, 0.1) is 0 Å². The molecule has 106 valence electrons. The van der Waals surface area contributed by atoms with Gasteiger partial charge in [-0.05, 0) is 20.8 Å². The number of carbonyl (C=O) groups excluding carboxylic acids is 1. The van der Waals surface area contributed by atoms with Crippen molar-refractivity contribution in [3.8, 4) is 17.2 Å². The summed E-state index contributed by atoms with van der Waals surface area (Å²) in [6.07, 6.45) is -0.640. The largest absolute Gasteiger partial charge is 0.508 e. The molecule has 1 aromatic rings. The second-order valence-corrected chi connectivity index (χ2v) is 4.86. The third-order valence-electron chi connectivity index (χ3n) is 2.10. The number of methoxy groups -OCH3 is 2. The number of aromatic hydroxyl groups is 1. The van der Waals surface area contributed by atoms with Gasteiger partial charge in [0.05, 0.1) is 19.9 Å². The zero-order valence-electron chi connectivity index (χ0n) is 11.7. The van der Waals surface area contributed by atoms with Crippen LogP contribution in [0.4, 0.5) is 10.5 Å². The number of rotatable bonds is 3. The first kappa shape index (κ1) is 14.9. The van der Waals surface area contributed by atoms with Gasteiger partial charge < -0.3 is 19.3 Å². The van der Waals surface area contributed by atoms with E-state index in [4.69, 9.17) is 14.2 Å². The summed E-state index contributed by atoms with van der Waals surface area (Å²) in [4.78, 5) is 11.7. The van der Waals surface area contributed by atoms with E-state index in [0.717, 1.165) is 0 Å². The first-order valence-electron chi connectivity index (χ1n) is 5.72. The van der Waals surface area contributed by atoms with Crippen LogP contribution in [0.15, 0.2) is 12.1 Å². The Morgan fingerprint density at radius 1 is 1.21 bits per heavy atom. The molecule has 0 aliphatic heterocycles. The Morgan fingerprint density at radius 2 is 1.84 bits per heavy atom. The highest BCUT2D eigenvalue weighted by Crippen LogP contribution is 2.38. The van der Waals surface area contributed by atoms with E-state index in [-0.39, 0.29) is 11.4 Å². The van der Waals surface area contributed by atoms with Gasteiger partial charge in [-0.25, -0.2) is 4.79 Å². The molecule has 0 unspecified atom stereocenters. The van der Waals surface area contributed by atoms with E-state index in [1.165, 1.54) is 26.4 Å². The number of hydrogen-bond donors (Lipinski definition) is 2. The number of hydrogen-bond acceptors (Lipinski definition) is 5. The van der Waals surface area contributed by atoms with E-state index in [1.54, 1.807) is 20.8 Å². The van der Waals surface area contributed by atoms with Crippen LogP contribution in [0.1, 0.15) is 20.8 Å². The quantitative estimate of drug-likeness (QED) is 0.882. The van der Waals surface area contributed by atoms with Crippen LogP contribution in [-0.4, -0.2) is 31.0 Å². The van der Waals surface area contributed by atoms with Gasteiger partial charge in [0.15, 0.2) is 11.5 Å². The predicted molar refractivity (Wildman–Crippen MR) is 71.1 cm³/mol. The normalized spacial score (nSPS) is 10.8. The molecule has 0 bridgehead atoms. The summed E-state index contributed by atoms with van der Waals surface area (Å²) in [5.74, 6) is 0.573. The highest BCUT2D eigenvalue weighted by atomic mass is 16.6. The summed E-state index contributed by atoms with van der Waals surface area (Å²) in [5, 5.41) is 12.1. The first-order chi connectivity index (χ1) is 8.76. The first-order valence-corrected chi connectivity index (χ1v) is 5.72. The molecule has 0 aliphatic rings. The fraction of sp³-hybridized carbons (Fsp3) is 0.462. The van der Waals surface area contributed by atoms with Crippen LogP contribution in [0.3, 0.4) is 0 Å². The maximum atomic E-state index is 11.7. The molecule has 6 heteroatoms. The summed E-state index contributed by atoms with van der Waals surface area (Å²) < 4.78 is 15.3. The molecule has 0 saturated heterocycles. The molecule has 0 aliphatic carbocycles. The SMILES string of the molecule is COc1cc(O)cc(NC(=O)OC(C)(C)C)c1OC. The molecule has 0 fully saturated rings. The molecule has 1 aromatic carbocycles. The number of benzene rings is 1. The molecule has 0 spiro atoms. The van der Waals surface area contributed by atoms with Gasteiger partial charge in [0.2, 0.25) is 0 Å². The molecule has 1 amide bonds. The fourth-order valence-electron chi connectivity index (χ4n) is 1.46. The molecule has 0 heterocycles. The summed E-state index contributed by atoms with van der Waals surface area (Å²) in [7, 11) is 2.88. The van der Waals surface area contributed by atoms with Crippen LogP contribution < -0.4 is 14.8 Å². The van der Waals surface area contributed by atoms with Crippen molar-refractivity contribution in [1.29, 1.82) is 0 Å². The Kier molecular flexibility index (Phi) is 4.47. The van der Waals surface area contributed by atoms with Gasteiger partial charge in [0.25, 0.3) is 0 Å². The Balaban J connectivity index is 3.00. The maximum Gasteiger partial charge on any atom is 0.412 e. The third kappa shape index (κ3) is 4.24. The van der Waals surface area contributed by atoms with E-state index in [2.05, 4.69) is 5.32 Å². The highest BCUT2D eigenvalue weighted by molar-refractivity contribution is 5.88. The van der Waals surface area contributed by atoms with Crippen LogP contribution in [-0.2, 0) is 4.74 Å². The predicted octanol–water partition coefficient (Wildman–Crippen LogP) is 2.76. The number of phenolic OH excluding ortho intramolecular Hbond substituents is 1. The lowest BCUT2D eigenvalue weighted by molar-refractivity contribution is 0.0635. The number of ether oxygens (including phenoxy) is 3. The average Bonchev–Trinajstić information content (AvgIpc) is 2.25. The monoisotopic (exact) mass is 269 g/mol. The summed E-state index contributed by atoms with van der Waals surface area (Å²) >= 11 is 0. The summed E-state index contributed by atoms with van der Waals surface area (Å²) in [5.41, 5.74) is -0.341. The summed E-state index contributed by atoms with van der Waals surface area (Å²) in [6.45, 7) is 5.27. The van der Waals surface area contributed by atoms with Gasteiger partial charge in [-0.1, -0.05) is 0 Å². The Bertz CT molecular complexity index is 465. The maximum absolute atomic E-state index is 11.7. The average molecular weight is 269 g/mol. The van der Waals surface area contributed by atoms with Crippen LogP contribution in [0.2, 0.25) is 0 Å². The lowest BCUT2D eigenvalue weighted by Gasteiger charge is -2.20. The molecule has 1 rings (SSSR count). The lowest BCUT2D eigenvalue weighted by atomic mass is 10.2. The van der Waals surface area contributed by atoms with E-state index >= 15 is 0 Å². The summed E-state index contributed by atoms with van der Waals surface area (Å²) in [6, 6.07) is 2.74. The Hall–Kier alpha value is -2.11. The standard InChI is InChI=1S/C13H19NO5/c1-13(2,3)19-12(16)14-9-6-8(15)7-10(17-4)11(9)18-5/h6-7,15H,1-5H3,(H,14,16). The van der Waals surface area contributed by atoms with Gasteiger partial charge in [0.1, 0.15) is 11.4 Å². The van der Waals surface area contributed by atoms with E-state index in [0.29, 0.717) is 11.5 Å². The highest BCUT2D eigenvalue weighted by Gasteiger charge is 2.19. The third-order valence-corrected chi connectivity index (χ3v) is 2.10. The minimum atomic E-state index is -0.640. The van der Waals surface area contributed by atoms with Crippen molar-refractivity contribution >= 4 is 11.8 Å². The molecular weight excluding hydrogens is 250 g/mol. The van der Waals surface area contributed by atoms with Crippen molar-refractivity contribution < 1.29 is 24.1 Å². The van der Waals surface area contributed by atoms with Gasteiger partial charge >= 0.3 is 6.09 Å². The van der Waals surface area contributed by atoms with Gasteiger partial charge in [-0.3, -0.25) is 5.32 Å². The van der Waals surface area contributed by atoms with Crippen LogP contribution in [0.25, 0.3) is 0 Å². The molecule has 19 heavy (non-hydrogen) atoms. The number of carbonyl (C=O) groups is 1. The van der Waals surface area contributed by atoms with Crippen molar-refractivity contribution in [2.75, 3.05) is 19.5 Å². The van der Waals surface area contributed by atoms with Crippen molar-refractivity contribution in [3.05, 3.63) is 12.1 Å². The molecule has 6 nitrogen and oxygen atoms in total. The van der Waals surface area contributed by atoms with E-state index in [9.17, 15) is 9.90 Å². The van der Waals surface area contributed by atoms with Crippen molar-refractivity contribution in [2.24, 2.45) is 0 Å². The van der Waals surface area contributed by atoms with Crippen molar-refractivity contribution in [3.63, 3.8) is 0 Å². The smallest absolute Gasteiger partial charge is 0.412 e. The van der Waals surface area contributed by atoms with Gasteiger partial charge in [-0.15, -0.1) is 0 Å². The minimum absolute atomic E-state index is 0.0521. The second-order valence-electron chi connectivity index (χ2n) is 4.86. The molecule has 0 radical (unpaired) electrons. The Morgan fingerprint density at radius 3 is 2.32 bits per heavy atom. The van der Waals surface area contributed by atoms with Crippen molar-refractivity contribution in [1.82, 2.24) is 0 Å². The fourth-order valence-corrected chi connectivity index (χ4v) is 1.46. The Labute approximate surface area is 112 Å².